The molecule has 0 atom stereocenters. The average molecular weight is 328 g/mol. The Bertz CT molecular complexity index is 632. The standard InChI is InChI=1S/C16H16Cl2FNO/c1-10(2)20-9-11-6-7-14(13(18)8-11)21-15-5-3-4-12(17)16(15)19/h3-8,10,20H,9H2,1-2H3. The molecule has 0 aliphatic carbocycles. The SMILES string of the molecule is CC(C)NCc1ccc(Oc2cccc(Cl)c2F)c(Cl)c1. The van der Waals surface area contributed by atoms with Gasteiger partial charge < -0.3 is 10.1 Å². The number of halogens is 3. The topological polar surface area (TPSA) is 21.3 Å². The van der Waals surface area contributed by atoms with Crippen LogP contribution in [0.1, 0.15) is 19.4 Å². The van der Waals surface area contributed by atoms with Gasteiger partial charge >= 0.3 is 0 Å². The van der Waals surface area contributed by atoms with E-state index in [1.807, 2.05) is 6.07 Å². The minimum atomic E-state index is -0.596. The first kappa shape index (κ1) is 16.1. The van der Waals surface area contributed by atoms with Crippen LogP contribution in [0, 0.1) is 5.82 Å². The van der Waals surface area contributed by atoms with Gasteiger partial charge in [-0.05, 0) is 29.8 Å². The highest BCUT2D eigenvalue weighted by atomic mass is 35.5. The second-order valence-corrected chi connectivity index (χ2v) is 5.77. The van der Waals surface area contributed by atoms with Gasteiger partial charge in [-0.25, -0.2) is 4.39 Å². The van der Waals surface area contributed by atoms with Crippen molar-refractivity contribution >= 4 is 23.2 Å². The minimum Gasteiger partial charge on any atom is -0.453 e. The molecule has 0 saturated heterocycles. The van der Waals surface area contributed by atoms with E-state index in [4.69, 9.17) is 27.9 Å². The Morgan fingerprint density at radius 2 is 1.86 bits per heavy atom. The maximum absolute atomic E-state index is 13.8. The fourth-order valence-corrected chi connectivity index (χ4v) is 2.15. The molecule has 5 heteroatoms. The first-order chi connectivity index (χ1) is 9.97. The molecule has 0 saturated carbocycles. The fourth-order valence-electron chi connectivity index (χ4n) is 1.74. The molecular formula is C16H16Cl2FNO. The minimum absolute atomic E-state index is 0.0152. The van der Waals surface area contributed by atoms with Gasteiger partial charge in [0.05, 0.1) is 10.0 Å². The van der Waals surface area contributed by atoms with Gasteiger partial charge in [0.2, 0.25) is 0 Å². The third kappa shape index (κ3) is 4.34. The van der Waals surface area contributed by atoms with Crippen LogP contribution in [0.3, 0.4) is 0 Å². The van der Waals surface area contributed by atoms with Crippen LogP contribution in [0.15, 0.2) is 36.4 Å². The smallest absolute Gasteiger partial charge is 0.184 e. The van der Waals surface area contributed by atoms with E-state index in [1.54, 1.807) is 18.2 Å². The number of hydrogen-bond donors (Lipinski definition) is 1. The lowest BCUT2D eigenvalue weighted by Crippen LogP contribution is -2.21. The van der Waals surface area contributed by atoms with Crippen molar-refractivity contribution < 1.29 is 9.13 Å². The van der Waals surface area contributed by atoms with Crippen molar-refractivity contribution in [3.05, 3.63) is 57.8 Å². The van der Waals surface area contributed by atoms with Crippen LogP contribution in [0.25, 0.3) is 0 Å². The molecule has 2 aromatic carbocycles. The van der Waals surface area contributed by atoms with Crippen LogP contribution in [-0.2, 0) is 6.54 Å². The third-order valence-corrected chi connectivity index (χ3v) is 3.43. The maximum Gasteiger partial charge on any atom is 0.184 e. The van der Waals surface area contributed by atoms with E-state index < -0.39 is 5.82 Å². The lowest BCUT2D eigenvalue weighted by molar-refractivity contribution is 0.442. The van der Waals surface area contributed by atoms with Gasteiger partial charge in [0.1, 0.15) is 5.75 Å². The lowest BCUT2D eigenvalue weighted by atomic mass is 10.2. The molecule has 0 aliphatic heterocycles. The highest BCUT2D eigenvalue weighted by molar-refractivity contribution is 6.32. The first-order valence-corrected chi connectivity index (χ1v) is 7.36. The molecule has 2 rings (SSSR count). The van der Waals surface area contributed by atoms with Gasteiger partial charge in [-0.15, -0.1) is 0 Å². The predicted molar refractivity (Wildman–Crippen MR) is 84.9 cm³/mol. The van der Waals surface area contributed by atoms with Crippen molar-refractivity contribution in [3.63, 3.8) is 0 Å². The van der Waals surface area contributed by atoms with Gasteiger partial charge in [0.25, 0.3) is 0 Å². The van der Waals surface area contributed by atoms with Crippen LogP contribution in [0.2, 0.25) is 10.0 Å². The molecule has 0 amide bonds. The van der Waals surface area contributed by atoms with Crippen LogP contribution in [-0.4, -0.2) is 6.04 Å². The highest BCUT2D eigenvalue weighted by Crippen LogP contribution is 2.33. The summed E-state index contributed by atoms with van der Waals surface area (Å²) in [6.45, 7) is 4.85. The molecule has 1 N–H and O–H groups in total. The van der Waals surface area contributed by atoms with E-state index in [0.717, 1.165) is 5.56 Å². The monoisotopic (exact) mass is 327 g/mol. The summed E-state index contributed by atoms with van der Waals surface area (Å²) in [5.74, 6) is -0.149. The average Bonchev–Trinajstić information content (AvgIpc) is 2.44. The summed E-state index contributed by atoms with van der Waals surface area (Å²) in [4.78, 5) is 0. The number of ether oxygens (including phenoxy) is 1. The molecule has 0 fully saturated rings. The van der Waals surface area contributed by atoms with Gasteiger partial charge in [0.15, 0.2) is 11.6 Å². The van der Waals surface area contributed by atoms with E-state index in [-0.39, 0.29) is 10.8 Å². The largest absolute Gasteiger partial charge is 0.453 e. The Balaban J connectivity index is 2.16. The van der Waals surface area contributed by atoms with E-state index in [1.165, 1.54) is 12.1 Å². The first-order valence-electron chi connectivity index (χ1n) is 6.61. The van der Waals surface area contributed by atoms with Crippen LogP contribution >= 0.6 is 23.2 Å². The second kappa shape index (κ2) is 7.12. The molecule has 2 aromatic rings. The predicted octanol–water partition coefficient (Wildman–Crippen LogP) is 5.42. The summed E-state index contributed by atoms with van der Waals surface area (Å²) < 4.78 is 19.3. The van der Waals surface area contributed by atoms with Gasteiger partial charge in [0, 0.05) is 12.6 Å². The highest BCUT2D eigenvalue weighted by Gasteiger charge is 2.11. The van der Waals surface area contributed by atoms with Crippen LogP contribution < -0.4 is 10.1 Å². The molecule has 0 unspecified atom stereocenters. The van der Waals surface area contributed by atoms with Crippen LogP contribution in [0.5, 0.6) is 11.5 Å². The summed E-state index contributed by atoms with van der Waals surface area (Å²) in [6.07, 6.45) is 0. The quantitative estimate of drug-likeness (QED) is 0.791. The molecule has 0 spiro atoms. The summed E-state index contributed by atoms with van der Waals surface area (Å²) >= 11 is 11.9. The summed E-state index contributed by atoms with van der Waals surface area (Å²) in [5, 5.41) is 3.74. The Kier molecular flexibility index (Phi) is 5.45. The number of hydrogen-bond acceptors (Lipinski definition) is 2. The van der Waals surface area contributed by atoms with Crippen molar-refractivity contribution in [2.75, 3.05) is 0 Å². The zero-order valence-corrected chi connectivity index (χ0v) is 13.3. The number of nitrogens with one attached hydrogen (secondary N) is 1. The molecule has 0 heterocycles. The summed E-state index contributed by atoms with van der Waals surface area (Å²) in [5.41, 5.74) is 1.03. The Morgan fingerprint density at radius 1 is 1.10 bits per heavy atom. The Labute approximate surface area is 133 Å². The zero-order valence-electron chi connectivity index (χ0n) is 11.8. The van der Waals surface area contributed by atoms with E-state index >= 15 is 0 Å². The molecule has 0 bridgehead atoms. The second-order valence-electron chi connectivity index (χ2n) is 4.95. The summed E-state index contributed by atoms with van der Waals surface area (Å²) in [7, 11) is 0. The fraction of sp³-hybridized carbons (Fsp3) is 0.250. The van der Waals surface area contributed by atoms with Crippen molar-refractivity contribution in [1.29, 1.82) is 0 Å². The molecule has 0 radical (unpaired) electrons. The van der Waals surface area contributed by atoms with E-state index in [2.05, 4.69) is 19.2 Å². The normalized spacial score (nSPS) is 11.0. The molecule has 2 nitrogen and oxygen atoms in total. The maximum atomic E-state index is 13.8. The zero-order chi connectivity index (χ0) is 15.4. The Hall–Kier alpha value is -1.29. The van der Waals surface area contributed by atoms with Crippen molar-refractivity contribution in [3.8, 4) is 11.5 Å². The number of benzene rings is 2. The molecule has 21 heavy (non-hydrogen) atoms. The molecule has 0 aromatic heterocycles. The summed E-state index contributed by atoms with van der Waals surface area (Å²) in [6, 6.07) is 10.4. The molecule has 112 valence electrons. The van der Waals surface area contributed by atoms with Gasteiger partial charge in [-0.3, -0.25) is 0 Å². The van der Waals surface area contributed by atoms with Crippen molar-refractivity contribution in [2.24, 2.45) is 0 Å². The lowest BCUT2D eigenvalue weighted by Gasteiger charge is -2.12. The van der Waals surface area contributed by atoms with Crippen molar-refractivity contribution in [1.82, 2.24) is 5.32 Å². The van der Waals surface area contributed by atoms with Gasteiger partial charge in [-0.1, -0.05) is 49.2 Å². The Morgan fingerprint density at radius 3 is 2.52 bits per heavy atom. The van der Waals surface area contributed by atoms with Crippen LogP contribution in [0.4, 0.5) is 4.39 Å². The molecular weight excluding hydrogens is 312 g/mol. The number of rotatable bonds is 5. The van der Waals surface area contributed by atoms with Gasteiger partial charge in [-0.2, -0.15) is 0 Å². The molecule has 0 aliphatic rings. The van der Waals surface area contributed by atoms with E-state index in [0.29, 0.717) is 23.4 Å². The van der Waals surface area contributed by atoms with E-state index in [9.17, 15) is 4.39 Å². The third-order valence-electron chi connectivity index (χ3n) is 2.85. The van der Waals surface area contributed by atoms with Crippen molar-refractivity contribution in [2.45, 2.75) is 26.4 Å².